The van der Waals surface area contributed by atoms with Crippen LogP contribution in [0.25, 0.3) is 11.1 Å². The monoisotopic (exact) mass is 430 g/mol. The van der Waals surface area contributed by atoms with Crippen molar-refractivity contribution in [2.24, 2.45) is 16.9 Å². The summed E-state index contributed by atoms with van der Waals surface area (Å²) in [5.74, 6) is 0.156. The topological polar surface area (TPSA) is 113 Å². The van der Waals surface area contributed by atoms with E-state index < -0.39 is 23.6 Å². The quantitative estimate of drug-likeness (QED) is 0.760. The zero-order valence-corrected chi connectivity index (χ0v) is 17.9. The predicted octanol–water partition coefficient (Wildman–Crippen LogP) is 4.04. The molecule has 2 amide bonds. The van der Waals surface area contributed by atoms with E-state index in [2.05, 4.69) is 4.57 Å². The SMILES string of the molecule is CC(C)(C)C1c2c(OC(N)=O)c(-c3cccc(F)c3)c(C3CC3)n2CCN1OC(N)=O. The van der Waals surface area contributed by atoms with Gasteiger partial charge in [0.05, 0.1) is 18.3 Å². The Morgan fingerprint density at radius 2 is 1.81 bits per heavy atom. The molecule has 1 aliphatic heterocycles. The molecule has 0 bridgehead atoms. The van der Waals surface area contributed by atoms with Crippen molar-refractivity contribution in [3.63, 3.8) is 0 Å². The van der Waals surface area contributed by atoms with Crippen molar-refractivity contribution in [1.29, 1.82) is 0 Å². The van der Waals surface area contributed by atoms with Crippen LogP contribution in [0, 0.1) is 11.2 Å². The van der Waals surface area contributed by atoms with Gasteiger partial charge < -0.3 is 25.6 Å². The number of hydrogen-bond donors (Lipinski definition) is 2. The molecular weight excluding hydrogens is 403 g/mol. The number of aromatic nitrogens is 1. The minimum absolute atomic E-state index is 0.270. The number of nitrogens with zero attached hydrogens (tertiary/aromatic N) is 2. The van der Waals surface area contributed by atoms with Gasteiger partial charge in [0.25, 0.3) is 0 Å². The zero-order valence-electron chi connectivity index (χ0n) is 17.9. The highest BCUT2D eigenvalue weighted by molar-refractivity contribution is 5.81. The van der Waals surface area contributed by atoms with E-state index in [9.17, 15) is 14.0 Å². The lowest BCUT2D eigenvalue weighted by Crippen LogP contribution is -2.46. The summed E-state index contributed by atoms with van der Waals surface area (Å²) in [7, 11) is 0. The fraction of sp³-hybridized carbons (Fsp3) is 0.455. The molecule has 2 aromatic rings. The fourth-order valence-electron chi connectivity index (χ4n) is 4.57. The average molecular weight is 430 g/mol. The Labute approximate surface area is 179 Å². The Morgan fingerprint density at radius 3 is 2.35 bits per heavy atom. The van der Waals surface area contributed by atoms with Crippen molar-refractivity contribution >= 4 is 12.2 Å². The zero-order chi connectivity index (χ0) is 22.5. The molecule has 8 nitrogen and oxygen atoms in total. The molecule has 9 heteroatoms. The molecule has 1 aliphatic carbocycles. The third-order valence-electron chi connectivity index (χ3n) is 5.70. The number of primary amides is 2. The molecule has 1 unspecified atom stereocenters. The Morgan fingerprint density at radius 1 is 1.10 bits per heavy atom. The largest absolute Gasteiger partial charge is 0.423 e. The first kappa shape index (κ1) is 21.2. The Balaban J connectivity index is 2.01. The molecule has 166 valence electrons. The highest BCUT2D eigenvalue weighted by Gasteiger charge is 2.46. The van der Waals surface area contributed by atoms with Gasteiger partial charge in [-0.15, -0.1) is 5.06 Å². The number of hydrogen-bond acceptors (Lipinski definition) is 5. The summed E-state index contributed by atoms with van der Waals surface area (Å²) < 4.78 is 21.8. The lowest BCUT2D eigenvalue weighted by molar-refractivity contribution is -0.168. The van der Waals surface area contributed by atoms with Gasteiger partial charge in [0.2, 0.25) is 0 Å². The molecule has 4 N–H and O–H groups in total. The third kappa shape index (κ3) is 3.97. The smallest absolute Gasteiger partial charge is 0.408 e. The fourth-order valence-corrected chi connectivity index (χ4v) is 4.57. The predicted molar refractivity (Wildman–Crippen MR) is 112 cm³/mol. The lowest BCUT2D eigenvalue weighted by Gasteiger charge is -2.42. The number of ether oxygens (including phenoxy) is 1. The molecule has 1 fully saturated rings. The Kier molecular flexibility index (Phi) is 5.17. The highest BCUT2D eigenvalue weighted by atomic mass is 19.1. The number of hydroxylamine groups is 2. The molecule has 0 spiro atoms. The number of carbonyl (C=O) groups excluding carboxylic acids is 2. The maximum absolute atomic E-state index is 14.1. The van der Waals surface area contributed by atoms with Crippen LogP contribution >= 0.6 is 0 Å². The first-order valence-electron chi connectivity index (χ1n) is 10.3. The summed E-state index contributed by atoms with van der Waals surface area (Å²) >= 11 is 0. The first-order chi connectivity index (χ1) is 14.6. The maximum Gasteiger partial charge on any atom is 0.423 e. The number of fused-ring (bicyclic) bond motifs is 1. The second-order valence-corrected chi connectivity index (χ2v) is 9.15. The molecular formula is C22H27FN4O4. The van der Waals surface area contributed by atoms with Crippen LogP contribution in [0.5, 0.6) is 5.75 Å². The minimum Gasteiger partial charge on any atom is -0.408 e. The van der Waals surface area contributed by atoms with Gasteiger partial charge in [-0.1, -0.05) is 32.9 Å². The van der Waals surface area contributed by atoms with Gasteiger partial charge in [-0.2, -0.15) is 0 Å². The summed E-state index contributed by atoms with van der Waals surface area (Å²) in [6, 6.07) is 5.72. The Bertz CT molecular complexity index is 1040. The van der Waals surface area contributed by atoms with E-state index in [1.54, 1.807) is 12.1 Å². The highest BCUT2D eigenvalue weighted by Crippen LogP contribution is 2.55. The molecule has 31 heavy (non-hydrogen) atoms. The van der Waals surface area contributed by atoms with Gasteiger partial charge in [-0.25, -0.2) is 14.0 Å². The van der Waals surface area contributed by atoms with E-state index >= 15 is 0 Å². The van der Waals surface area contributed by atoms with E-state index in [-0.39, 0.29) is 17.5 Å². The van der Waals surface area contributed by atoms with Crippen LogP contribution in [-0.2, 0) is 11.4 Å². The van der Waals surface area contributed by atoms with Crippen molar-refractivity contribution in [2.45, 2.75) is 52.1 Å². The molecule has 1 aromatic heterocycles. The van der Waals surface area contributed by atoms with E-state index in [0.29, 0.717) is 29.9 Å². The molecule has 1 saturated carbocycles. The van der Waals surface area contributed by atoms with Crippen molar-refractivity contribution in [3.8, 4) is 16.9 Å². The van der Waals surface area contributed by atoms with Gasteiger partial charge in [0.15, 0.2) is 5.75 Å². The molecule has 0 radical (unpaired) electrons. The summed E-state index contributed by atoms with van der Waals surface area (Å²) in [4.78, 5) is 28.8. The van der Waals surface area contributed by atoms with Gasteiger partial charge in [-0.3, -0.25) is 0 Å². The van der Waals surface area contributed by atoms with Gasteiger partial charge >= 0.3 is 12.2 Å². The molecule has 1 atom stereocenters. The second kappa shape index (κ2) is 7.56. The van der Waals surface area contributed by atoms with Crippen LogP contribution < -0.4 is 16.2 Å². The summed E-state index contributed by atoms with van der Waals surface area (Å²) in [6.45, 7) is 6.87. The molecule has 1 aromatic carbocycles. The normalized spacial score (nSPS) is 19.0. The lowest BCUT2D eigenvalue weighted by atomic mass is 9.83. The van der Waals surface area contributed by atoms with Crippen molar-refractivity contribution in [2.75, 3.05) is 6.54 Å². The summed E-state index contributed by atoms with van der Waals surface area (Å²) in [5, 5.41) is 1.53. The van der Waals surface area contributed by atoms with E-state index in [1.165, 1.54) is 17.2 Å². The van der Waals surface area contributed by atoms with Gasteiger partial charge in [-0.05, 0) is 36.0 Å². The van der Waals surface area contributed by atoms with Crippen LogP contribution in [0.1, 0.15) is 57.0 Å². The van der Waals surface area contributed by atoms with Gasteiger partial charge in [0, 0.05) is 23.7 Å². The van der Waals surface area contributed by atoms with Crippen LogP contribution in [0.2, 0.25) is 0 Å². The number of nitrogens with two attached hydrogens (primary N) is 2. The average Bonchev–Trinajstić information content (AvgIpc) is 3.43. The number of benzene rings is 1. The second-order valence-electron chi connectivity index (χ2n) is 9.15. The van der Waals surface area contributed by atoms with Gasteiger partial charge in [0.1, 0.15) is 5.82 Å². The Hall–Kier alpha value is -3.07. The van der Waals surface area contributed by atoms with Crippen LogP contribution in [0.3, 0.4) is 0 Å². The van der Waals surface area contributed by atoms with E-state index in [4.69, 9.17) is 21.0 Å². The summed E-state index contributed by atoms with van der Waals surface area (Å²) in [6.07, 6.45) is 0.0980. The molecule has 2 heterocycles. The van der Waals surface area contributed by atoms with Crippen LogP contribution in [-0.4, -0.2) is 28.4 Å². The maximum atomic E-state index is 14.1. The van der Waals surface area contributed by atoms with E-state index in [0.717, 1.165) is 18.5 Å². The number of amides is 2. The van der Waals surface area contributed by atoms with Crippen LogP contribution in [0.4, 0.5) is 14.0 Å². The molecule has 2 aliphatic rings. The van der Waals surface area contributed by atoms with Crippen LogP contribution in [0.15, 0.2) is 24.3 Å². The third-order valence-corrected chi connectivity index (χ3v) is 5.70. The number of carbonyl (C=O) groups is 2. The molecule has 0 saturated heterocycles. The van der Waals surface area contributed by atoms with Crippen molar-refractivity contribution < 1.29 is 23.6 Å². The van der Waals surface area contributed by atoms with E-state index in [1.807, 2.05) is 20.8 Å². The number of halogens is 1. The van der Waals surface area contributed by atoms with Crippen molar-refractivity contribution in [3.05, 3.63) is 41.5 Å². The van der Waals surface area contributed by atoms with Crippen molar-refractivity contribution in [1.82, 2.24) is 9.63 Å². The first-order valence-corrected chi connectivity index (χ1v) is 10.3. The minimum atomic E-state index is -0.964. The summed E-state index contributed by atoms with van der Waals surface area (Å²) in [5.41, 5.74) is 13.2. The standard InChI is InChI=1S/C22H27FN4O4/c1-22(2,3)19-17-18(30-20(24)28)15(13-5-4-6-14(23)11-13)16(12-7-8-12)26(17)9-10-27(19)31-21(25)29/h4-6,11-12,19H,7-10H2,1-3H3,(H2,24,28)(H2,25,29). The number of rotatable bonds is 4. The molecule has 4 rings (SSSR count).